The van der Waals surface area contributed by atoms with Crippen LogP contribution in [0.25, 0.3) is 0 Å². The molecule has 210 valence electrons. The van der Waals surface area contributed by atoms with Crippen LogP contribution in [-0.4, -0.2) is 62.0 Å². The Morgan fingerprint density at radius 3 is 2.46 bits per heavy atom. The first-order valence-corrected chi connectivity index (χ1v) is 14.4. The van der Waals surface area contributed by atoms with Gasteiger partial charge in [0.15, 0.2) is 0 Å². The van der Waals surface area contributed by atoms with Crippen molar-refractivity contribution in [2.45, 2.75) is 57.3 Å². The molecule has 0 radical (unpaired) electrons. The van der Waals surface area contributed by atoms with Crippen molar-refractivity contribution in [2.75, 3.05) is 27.2 Å². The zero-order chi connectivity index (χ0) is 28.3. The monoisotopic (exact) mass is 555 g/mol. The van der Waals surface area contributed by atoms with Crippen LogP contribution in [0.1, 0.15) is 57.8 Å². The van der Waals surface area contributed by atoms with Gasteiger partial charge in [0.1, 0.15) is 17.8 Å². The normalized spacial score (nSPS) is 16.9. The lowest BCUT2D eigenvalue weighted by molar-refractivity contribution is 0.0939. The standard InChI is InChI=1S/C29H37N3O6S/c1-19-12-26(37-5)13-20(2)28(19)39(35,36)31(4)17-27-14-24(18-38-27)29(34)30-21(3)23-8-6-22(7-9-23)15-32-11-10-25(33)16-32/h6-9,12-14,18,21,25,33H,10-11,15-17H2,1-5H3,(H,30,34). The van der Waals surface area contributed by atoms with Crippen LogP contribution in [0.3, 0.4) is 0 Å². The van der Waals surface area contributed by atoms with Crippen LogP contribution in [-0.2, 0) is 23.1 Å². The fraction of sp³-hybridized carbons (Fsp3) is 0.414. The lowest BCUT2D eigenvalue weighted by atomic mass is 10.1. The second kappa shape index (κ2) is 11.9. The van der Waals surface area contributed by atoms with Crippen molar-refractivity contribution < 1.29 is 27.5 Å². The molecule has 3 aromatic rings. The second-order valence-corrected chi connectivity index (χ2v) is 12.2. The van der Waals surface area contributed by atoms with Crippen molar-refractivity contribution in [3.8, 4) is 5.75 Å². The van der Waals surface area contributed by atoms with E-state index in [1.165, 1.54) is 17.6 Å². The molecule has 2 heterocycles. The number of aliphatic hydroxyl groups excluding tert-OH is 1. The molecule has 1 aromatic heterocycles. The number of amides is 1. The molecule has 0 aliphatic carbocycles. The fourth-order valence-corrected chi connectivity index (χ4v) is 6.51. The molecule has 9 nitrogen and oxygen atoms in total. The van der Waals surface area contributed by atoms with Crippen LogP contribution in [0.15, 0.2) is 58.0 Å². The molecule has 39 heavy (non-hydrogen) atoms. The average Bonchev–Trinajstić information content (AvgIpc) is 3.52. The molecule has 1 aliphatic rings. The smallest absolute Gasteiger partial charge is 0.255 e. The average molecular weight is 556 g/mol. The molecule has 1 saturated heterocycles. The van der Waals surface area contributed by atoms with Gasteiger partial charge in [-0.05, 0) is 67.6 Å². The van der Waals surface area contributed by atoms with E-state index in [0.29, 0.717) is 34.7 Å². The molecule has 0 bridgehead atoms. The first kappa shape index (κ1) is 28.8. The second-order valence-electron chi connectivity index (χ2n) is 10.3. The number of nitrogens with one attached hydrogen (secondary N) is 1. The summed E-state index contributed by atoms with van der Waals surface area (Å²) in [7, 11) is -0.776. The summed E-state index contributed by atoms with van der Waals surface area (Å²) in [6.07, 6.45) is 1.91. The molecule has 1 fully saturated rings. The number of ether oxygens (including phenoxy) is 1. The number of rotatable bonds is 10. The molecule has 4 rings (SSSR count). The maximum Gasteiger partial charge on any atom is 0.255 e. The largest absolute Gasteiger partial charge is 0.497 e. The van der Waals surface area contributed by atoms with Crippen LogP contribution in [0.4, 0.5) is 0 Å². The van der Waals surface area contributed by atoms with Crippen LogP contribution >= 0.6 is 0 Å². The van der Waals surface area contributed by atoms with Gasteiger partial charge in [-0.1, -0.05) is 24.3 Å². The van der Waals surface area contributed by atoms with Gasteiger partial charge in [0, 0.05) is 26.7 Å². The first-order valence-electron chi connectivity index (χ1n) is 13.0. The molecule has 2 atom stereocenters. The Kier molecular flexibility index (Phi) is 8.80. The molecular weight excluding hydrogens is 518 g/mol. The number of carbonyl (C=O) groups excluding carboxylic acids is 1. The van der Waals surface area contributed by atoms with Crippen molar-refractivity contribution in [1.29, 1.82) is 0 Å². The van der Waals surface area contributed by atoms with Crippen LogP contribution in [0, 0.1) is 13.8 Å². The molecule has 2 N–H and O–H groups in total. The Hall–Kier alpha value is -3.18. The molecule has 0 saturated carbocycles. The molecular formula is C29H37N3O6S. The van der Waals surface area contributed by atoms with E-state index < -0.39 is 10.0 Å². The van der Waals surface area contributed by atoms with Gasteiger partial charge < -0.3 is 19.6 Å². The molecule has 1 amide bonds. The summed E-state index contributed by atoms with van der Waals surface area (Å²) in [4.78, 5) is 15.3. The summed E-state index contributed by atoms with van der Waals surface area (Å²) in [5.74, 6) is 0.653. The van der Waals surface area contributed by atoms with Crippen LogP contribution in [0.2, 0.25) is 0 Å². The third-order valence-corrected chi connectivity index (χ3v) is 9.22. The minimum absolute atomic E-state index is 0.0222. The number of likely N-dealkylation sites (tertiary alicyclic amines) is 1. The summed E-state index contributed by atoms with van der Waals surface area (Å²) in [6.45, 7) is 7.74. The highest BCUT2D eigenvalue weighted by atomic mass is 32.2. The number of carbonyl (C=O) groups is 1. The van der Waals surface area contributed by atoms with Crippen LogP contribution in [0.5, 0.6) is 5.75 Å². The SMILES string of the molecule is COc1cc(C)c(S(=O)(=O)N(C)Cc2cc(C(=O)NC(C)c3ccc(CN4CCC(O)C4)cc3)co2)c(C)c1. The molecule has 0 spiro atoms. The van der Waals surface area contributed by atoms with Crippen LogP contribution < -0.4 is 10.1 Å². The van der Waals surface area contributed by atoms with Crippen molar-refractivity contribution >= 4 is 15.9 Å². The maximum atomic E-state index is 13.3. The number of hydrogen-bond acceptors (Lipinski definition) is 7. The highest BCUT2D eigenvalue weighted by Crippen LogP contribution is 2.28. The number of methoxy groups -OCH3 is 1. The third-order valence-electron chi connectivity index (χ3n) is 7.11. The van der Waals surface area contributed by atoms with E-state index >= 15 is 0 Å². The molecule has 10 heteroatoms. The summed E-state index contributed by atoms with van der Waals surface area (Å²) in [5.41, 5.74) is 3.63. The van der Waals surface area contributed by atoms with Crippen molar-refractivity contribution in [3.63, 3.8) is 0 Å². The highest BCUT2D eigenvalue weighted by molar-refractivity contribution is 7.89. The maximum absolute atomic E-state index is 13.3. The van der Waals surface area contributed by atoms with Crippen molar-refractivity contribution in [3.05, 3.63) is 82.3 Å². The summed E-state index contributed by atoms with van der Waals surface area (Å²) in [5, 5.41) is 12.7. The highest BCUT2D eigenvalue weighted by Gasteiger charge is 2.27. The van der Waals surface area contributed by atoms with Gasteiger partial charge >= 0.3 is 0 Å². The van der Waals surface area contributed by atoms with Crippen molar-refractivity contribution in [2.24, 2.45) is 0 Å². The predicted molar refractivity (Wildman–Crippen MR) is 148 cm³/mol. The Morgan fingerprint density at radius 1 is 1.21 bits per heavy atom. The van der Waals surface area contributed by atoms with Gasteiger partial charge in [-0.2, -0.15) is 4.31 Å². The Labute approximate surface area is 230 Å². The Balaban J connectivity index is 1.36. The molecule has 2 unspecified atom stereocenters. The van der Waals surface area contributed by atoms with Gasteiger partial charge in [0.2, 0.25) is 10.0 Å². The lowest BCUT2D eigenvalue weighted by Gasteiger charge is -2.19. The Bertz CT molecular complexity index is 1390. The van der Waals surface area contributed by atoms with Gasteiger partial charge in [-0.15, -0.1) is 0 Å². The molecule has 1 aliphatic heterocycles. The van der Waals surface area contributed by atoms with Gasteiger partial charge in [0.25, 0.3) is 5.91 Å². The van der Waals surface area contributed by atoms with E-state index in [0.717, 1.165) is 30.6 Å². The zero-order valence-corrected chi connectivity index (χ0v) is 23.9. The summed E-state index contributed by atoms with van der Waals surface area (Å²) < 4.78 is 38.6. The predicted octanol–water partition coefficient (Wildman–Crippen LogP) is 3.78. The van der Waals surface area contributed by atoms with Gasteiger partial charge in [-0.3, -0.25) is 9.69 Å². The topological polar surface area (TPSA) is 112 Å². The Morgan fingerprint density at radius 2 is 1.87 bits per heavy atom. The van der Waals surface area contributed by atoms with E-state index in [9.17, 15) is 18.3 Å². The van der Waals surface area contributed by atoms with E-state index in [2.05, 4.69) is 10.2 Å². The number of aryl methyl sites for hydroxylation is 2. The summed E-state index contributed by atoms with van der Waals surface area (Å²) >= 11 is 0. The summed E-state index contributed by atoms with van der Waals surface area (Å²) in [6, 6.07) is 12.8. The number of aliphatic hydroxyl groups is 1. The number of hydrogen-bond donors (Lipinski definition) is 2. The van der Waals surface area contributed by atoms with Gasteiger partial charge in [0.05, 0.1) is 36.3 Å². The zero-order valence-electron chi connectivity index (χ0n) is 23.1. The number of β-amino-alcohol motifs (C(OH)–C–C–N with tert-alkyl or cyclic N) is 1. The van der Waals surface area contributed by atoms with Crippen molar-refractivity contribution in [1.82, 2.24) is 14.5 Å². The first-order chi connectivity index (χ1) is 18.5. The van der Waals surface area contributed by atoms with E-state index in [1.54, 1.807) is 39.2 Å². The molecule has 2 aromatic carbocycles. The minimum atomic E-state index is -3.80. The number of sulfonamides is 1. The van der Waals surface area contributed by atoms with E-state index in [1.807, 2.05) is 31.2 Å². The fourth-order valence-electron chi connectivity index (χ4n) is 4.97. The number of benzene rings is 2. The number of nitrogens with zero attached hydrogens (tertiary/aromatic N) is 2. The van der Waals surface area contributed by atoms with Gasteiger partial charge in [-0.25, -0.2) is 8.42 Å². The number of furan rings is 1. The third kappa shape index (κ3) is 6.70. The lowest BCUT2D eigenvalue weighted by Crippen LogP contribution is -2.28. The van der Waals surface area contributed by atoms with E-state index in [4.69, 9.17) is 9.15 Å². The minimum Gasteiger partial charge on any atom is -0.497 e. The van der Waals surface area contributed by atoms with E-state index in [-0.39, 0.29) is 29.5 Å². The quantitative estimate of drug-likeness (QED) is 0.392.